The number of carbonyl (C=O) groups is 3. The summed E-state index contributed by atoms with van der Waals surface area (Å²) in [6.07, 6.45) is 0. The van der Waals surface area contributed by atoms with Crippen molar-refractivity contribution in [1.82, 2.24) is 5.32 Å². The number of Topliss-reactive ketones (excluding diaryl/α,β-unsaturated/α-hetero) is 1. The van der Waals surface area contributed by atoms with Gasteiger partial charge in [-0.2, -0.15) is 0 Å². The van der Waals surface area contributed by atoms with Crippen molar-refractivity contribution >= 4 is 23.3 Å². The molecule has 0 saturated heterocycles. The minimum Gasteiger partial charge on any atom is -0.485 e. The largest absolute Gasteiger partial charge is 0.485 e. The zero-order chi connectivity index (χ0) is 21.8. The fourth-order valence-electron chi connectivity index (χ4n) is 3.31. The number of amides is 2. The first-order valence-electron chi connectivity index (χ1n) is 9.84. The second kappa shape index (κ2) is 8.98. The number of ether oxygens (including phenoxy) is 2. The third kappa shape index (κ3) is 5.17. The van der Waals surface area contributed by atoms with E-state index in [0.29, 0.717) is 22.7 Å². The first-order valence-corrected chi connectivity index (χ1v) is 9.84. The first kappa shape index (κ1) is 21.4. The molecular formula is C23H26N2O5. The molecule has 158 valence electrons. The molecule has 0 radical (unpaired) electrons. The zero-order valence-corrected chi connectivity index (χ0v) is 17.7. The van der Waals surface area contributed by atoms with Crippen LogP contribution in [0.4, 0.5) is 5.69 Å². The van der Waals surface area contributed by atoms with Crippen molar-refractivity contribution in [2.45, 2.75) is 33.7 Å². The van der Waals surface area contributed by atoms with Crippen molar-refractivity contribution in [2.24, 2.45) is 0 Å². The number of benzene rings is 2. The molecule has 0 fully saturated rings. The predicted octanol–water partition coefficient (Wildman–Crippen LogP) is 2.82. The van der Waals surface area contributed by atoms with Crippen LogP contribution in [0.15, 0.2) is 36.4 Å². The summed E-state index contributed by atoms with van der Waals surface area (Å²) in [6, 6.07) is 10.6. The summed E-state index contributed by atoms with van der Waals surface area (Å²) in [7, 11) is 0. The van der Waals surface area contributed by atoms with Crippen molar-refractivity contribution < 1.29 is 23.9 Å². The SMILES string of the molecule is Cc1cc(C)cc(OCC(=O)c2ccc3c(c2)N(CC(=O)NC(C)C)C(=O)CO3)c1. The van der Waals surface area contributed by atoms with Crippen LogP contribution in [0.1, 0.15) is 35.3 Å². The van der Waals surface area contributed by atoms with E-state index in [4.69, 9.17) is 9.47 Å². The van der Waals surface area contributed by atoms with Crippen LogP contribution in [0.5, 0.6) is 11.5 Å². The van der Waals surface area contributed by atoms with Gasteiger partial charge < -0.3 is 14.8 Å². The van der Waals surface area contributed by atoms with Gasteiger partial charge in [0.25, 0.3) is 5.91 Å². The van der Waals surface area contributed by atoms with Crippen LogP contribution in [0.25, 0.3) is 0 Å². The van der Waals surface area contributed by atoms with Gasteiger partial charge in [-0.25, -0.2) is 0 Å². The molecule has 0 spiro atoms. The number of nitrogens with zero attached hydrogens (tertiary/aromatic N) is 1. The van der Waals surface area contributed by atoms with Crippen molar-refractivity contribution in [3.8, 4) is 11.5 Å². The van der Waals surface area contributed by atoms with Crippen LogP contribution in [0.2, 0.25) is 0 Å². The first-order chi connectivity index (χ1) is 14.2. The number of carbonyl (C=O) groups excluding carboxylic acids is 3. The molecule has 2 aromatic rings. The molecule has 1 N–H and O–H groups in total. The molecule has 0 saturated carbocycles. The molecule has 0 atom stereocenters. The minimum atomic E-state index is -0.336. The van der Waals surface area contributed by atoms with Gasteiger partial charge in [-0.15, -0.1) is 0 Å². The molecule has 1 aliphatic rings. The van der Waals surface area contributed by atoms with Crippen LogP contribution in [0, 0.1) is 13.8 Å². The molecule has 7 heteroatoms. The maximum atomic E-state index is 12.7. The Bertz CT molecular complexity index is 963. The molecule has 30 heavy (non-hydrogen) atoms. The summed E-state index contributed by atoms with van der Waals surface area (Å²) in [4.78, 5) is 38.5. The van der Waals surface area contributed by atoms with E-state index in [2.05, 4.69) is 5.32 Å². The lowest BCUT2D eigenvalue weighted by atomic mass is 10.1. The number of aryl methyl sites for hydroxylation is 2. The highest BCUT2D eigenvalue weighted by Crippen LogP contribution is 2.33. The Morgan fingerprint density at radius 3 is 2.50 bits per heavy atom. The van der Waals surface area contributed by atoms with Gasteiger partial charge in [0.1, 0.15) is 18.0 Å². The molecule has 2 aromatic carbocycles. The molecule has 0 bridgehead atoms. The monoisotopic (exact) mass is 410 g/mol. The summed E-state index contributed by atoms with van der Waals surface area (Å²) in [6.45, 7) is 7.21. The molecular weight excluding hydrogens is 384 g/mol. The number of nitrogens with one attached hydrogen (secondary N) is 1. The fraction of sp³-hybridized carbons (Fsp3) is 0.348. The van der Waals surface area contributed by atoms with Crippen LogP contribution < -0.4 is 19.7 Å². The average molecular weight is 410 g/mol. The van der Waals surface area contributed by atoms with Gasteiger partial charge >= 0.3 is 0 Å². The number of anilines is 1. The van der Waals surface area contributed by atoms with Crippen LogP contribution in [-0.2, 0) is 9.59 Å². The fourth-order valence-corrected chi connectivity index (χ4v) is 3.31. The molecule has 1 aliphatic heterocycles. The summed E-state index contributed by atoms with van der Waals surface area (Å²) in [5, 5.41) is 2.77. The number of ketones is 1. The van der Waals surface area contributed by atoms with Crippen molar-refractivity contribution in [3.63, 3.8) is 0 Å². The number of fused-ring (bicyclic) bond motifs is 1. The van der Waals surface area contributed by atoms with Crippen LogP contribution >= 0.6 is 0 Å². The minimum absolute atomic E-state index is 0.0385. The van der Waals surface area contributed by atoms with E-state index in [1.165, 1.54) is 4.90 Å². The summed E-state index contributed by atoms with van der Waals surface area (Å²) in [5.41, 5.74) is 2.89. The van der Waals surface area contributed by atoms with Crippen molar-refractivity contribution in [1.29, 1.82) is 0 Å². The van der Waals surface area contributed by atoms with E-state index >= 15 is 0 Å². The molecule has 1 heterocycles. The molecule has 0 unspecified atom stereocenters. The van der Waals surface area contributed by atoms with Crippen molar-refractivity contribution in [3.05, 3.63) is 53.1 Å². The third-order valence-corrected chi connectivity index (χ3v) is 4.54. The van der Waals surface area contributed by atoms with Gasteiger partial charge in [0.05, 0.1) is 5.69 Å². The van der Waals surface area contributed by atoms with Gasteiger partial charge in [0, 0.05) is 11.6 Å². The lowest BCUT2D eigenvalue weighted by Gasteiger charge is -2.29. The zero-order valence-electron chi connectivity index (χ0n) is 17.7. The van der Waals surface area contributed by atoms with Gasteiger partial charge in [-0.05, 0) is 69.2 Å². The highest BCUT2D eigenvalue weighted by atomic mass is 16.5. The second-order valence-electron chi connectivity index (χ2n) is 7.71. The predicted molar refractivity (Wildman–Crippen MR) is 113 cm³/mol. The van der Waals surface area contributed by atoms with Gasteiger partial charge in [-0.1, -0.05) is 6.07 Å². The Morgan fingerprint density at radius 1 is 1.13 bits per heavy atom. The Morgan fingerprint density at radius 2 is 1.83 bits per heavy atom. The number of hydrogen-bond donors (Lipinski definition) is 1. The van der Waals surface area contributed by atoms with Crippen LogP contribution in [0.3, 0.4) is 0 Å². The lowest BCUT2D eigenvalue weighted by Crippen LogP contribution is -2.46. The highest BCUT2D eigenvalue weighted by Gasteiger charge is 2.28. The second-order valence-corrected chi connectivity index (χ2v) is 7.71. The molecule has 2 amide bonds. The van der Waals surface area contributed by atoms with E-state index in [1.807, 2.05) is 45.9 Å². The smallest absolute Gasteiger partial charge is 0.265 e. The Hall–Kier alpha value is -3.35. The Kier molecular flexibility index (Phi) is 6.40. The highest BCUT2D eigenvalue weighted by molar-refractivity contribution is 6.04. The standard InChI is InChI=1S/C23H26N2O5/c1-14(2)24-22(27)11-25-19-10-17(5-6-21(19)30-13-23(25)28)20(26)12-29-18-8-15(3)7-16(4)9-18/h5-10,14H,11-13H2,1-4H3,(H,24,27). The summed E-state index contributed by atoms with van der Waals surface area (Å²) in [5.74, 6) is 0.239. The normalized spacial score (nSPS) is 13.0. The van der Waals surface area contributed by atoms with Gasteiger partial charge in [0.15, 0.2) is 19.0 Å². The van der Waals surface area contributed by atoms with E-state index < -0.39 is 0 Å². The van der Waals surface area contributed by atoms with E-state index in [9.17, 15) is 14.4 Å². The van der Waals surface area contributed by atoms with E-state index in [1.54, 1.807) is 18.2 Å². The molecule has 7 nitrogen and oxygen atoms in total. The average Bonchev–Trinajstić information content (AvgIpc) is 2.66. The Labute approximate surface area is 176 Å². The molecule has 0 aliphatic carbocycles. The maximum Gasteiger partial charge on any atom is 0.265 e. The van der Waals surface area contributed by atoms with Gasteiger partial charge in [0.2, 0.25) is 5.91 Å². The summed E-state index contributed by atoms with van der Waals surface area (Å²) < 4.78 is 11.1. The summed E-state index contributed by atoms with van der Waals surface area (Å²) >= 11 is 0. The Balaban J connectivity index is 1.76. The third-order valence-electron chi connectivity index (χ3n) is 4.54. The number of rotatable bonds is 7. The van der Waals surface area contributed by atoms with Gasteiger partial charge in [-0.3, -0.25) is 19.3 Å². The lowest BCUT2D eigenvalue weighted by molar-refractivity contribution is -0.125. The quantitative estimate of drug-likeness (QED) is 0.710. The molecule has 3 rings (SSSR count). The number of hydrogen-bond acceptors (Lipinski definition) is 5. The van der Waals surface area contributed by atoms with Crippen LogP contribution in [-0.4, -0.2) is 43.4 Å². The maximum absolute atomic E-state index is 12.7. The van der Waals surface area contributed by atoms with Crippen molar-refractivity contribution in [2.75, 3.05) is 24.7 Å². The van der Waals surface area contributed by atoms with E-state index in [0.717, 1.165) is 11.1 Å². The molecule has 0 aromatic heterocycles. The van der Waals surface area contributed by atoms with E-state index in [-0.39, 0.29) is 43.4 Å². The topological polar surface area (TPSA) is 84.9 Å².